The Morgan fingerprint density at radius 1 is 1.04 bits per heavy atom. The minimum absolute atomic E-state index is 0.535. The van der Waals surface area contributed by atoms with Gasteiger partial charge in [-0.1, -0.05) is 12.1 Å². The van der Waals surface area contributed by atoms with Crippen LogP contribution in [0.25, 0.3) is 22.7 Å². The fourth-order valence-corrected chi connectivity index (χ4v) is 2.93. The summed E-state index contributed by atoms with van der Waals surface area (Å²) in [5.74, 6) is 1.83. The summed E-state index contributed by atoms with van der Waals surface area (Å²) in [6.45, 7) is 4.82. The molecule has 27 heavy (non-hydrogen) atoms. The number of benzene rings is 1. The molecule has 0 aliphatic heterocycles. The summed E-state index contributed by atoms with van der Waals surface area (Å²) in [4.78, 5) is 22.4. The molecule has 0 aliphatic rings. The van der Waals surface area contributed by atoms with Gasteiger partial charge in [0, 0.05) is 25.5 Å². The molecule has 1 aromatic carbocycles. The average molecular weight is 360 g/mol. The van der Waals surface area contributed by atoms with Gasteiger partial charge in [-0.05, 0) is 37.6 Å². The van der Waals surface area contributed by atoms with E-state index in [1.165, 1.54) is 5.56 Å². The summed E-state index contributed by atoms with van der Waals surface area (Å²) in [7, 11) is 1.79. The predicted molar refractivity (Wildman–Crippen MR) is 106 cm³/mol. The Hall–Kier alpha value is -3.55. The molecule has 0 amide bonds. The lowest BCUT2D eigenvalue weighted by molar-refractivity contribution is 0.783. The molecule has 0 bridgehead atoms. The van der Waals surface area contributed by atoms with E-state index in [4.69, 9.17) is 0 Å². The van der Waals surface area contributed by atoms with Crippen LogP contribution in [0, 0.1) is 6.92 Å². The summed E-state index contributed by atoms with van der Waals surface area (Å²) in [5, 5.41) is 6.21. The van der Waals surface area contributed by atoms with Crippen molar-refractivity contribution in [2.45, 2.75) is 20.4 Å². The van der Waals surface area contributed by atoms with Crippen molar-refractivity contribution in [3.63, 3.8) is 0 Å². The number of fused-ring (bicyclic) bond motifs is 1. The molecule has 0 saturated heterocycles. The largest absolute Gasteiger partial charge is 0.357 e. The van der Waals surface area contributed by atoms with E-state index in [9.17, 15) is 0 Å². The maximum atomic E-state index is 4.68. The second kappa shape index (κ2) is 6.99. The minimum Gasteiger partial charge on any atom is -0.357 e. The van der Waals surface area contributed by atoms with Crippen LogP contribution in [0.1, 0.15) is 12.5 Å². The molecule has 0 radical (unpaired) electrons. The number of anilines is 3. The molecule has 4 aromatic rings. The van der Waals surface area contributed by atoms with Gasteiger partial charge in [-0.15, -0.1) is 0 Å². The zero-order chi connectivity index (χ0) is 18.8. The standard InChI is InChI=1S/C19H20N8/c1-4-27-16(14-8-9-21-18(20-3)25-14)24-15-11-22-19(26-17(15)27)23-13-7-5-6-12(2)10-13/h5-11H,4H2,1-3H3,(H,20,21,25)(H,22,23,26). The molecule has 8 nitrogen and oxygen atoms in total. The molecule has 3 heterocycles. The van der Waals surface area contributed by atoms with Gasteiger partial charge in [0.05, 0.1) is 6.20 Å². The fourth-order valence-electron chi connectivity index (χ4n) is 2.93. The Balaban J connectivity index is 1.77. The molecule has 4 rings (SSSR count). The van der Waals surface area contributed by atoms with Crippen LogP contribution in [-0.2, 0) is 6.54 Å². The third kappa shape index (κ3) is 3.29. The summed E-state index contributed by atoms with van der Waals surface area (Å²) in [6.07, 6.45) is 3.44. The summed E-state index contributed by atoms with van der Waals surface area (Å²) in [5.41, 5.74) is 4.36. The Kier molecular flexibility index (Phi) is 4.37. The van der Waals surface area contributed by atoms with Crippen molar-refractivity contribution in [2.24, 2.45) is 0 Å². The summed E-state index contributed by atoms with van der Waals surface area (Å²) in [6, 6.07) is 9.93. The number of hydrogen-bond acceptors (Lipinski definition) is 7. The molecular weight excluding hydrogens is 340 g/mol. The van der Waals surface area contributed by atoms with Gasteiger partial charge in [0.1, 0.15) is 11.2 Å². The van der Waals surface area contributed by atoms with E-state index in [0.717, 1.165) is 28.4 Å². The molecule has 0 spiro atoms. The first-order valence-corrected chi connectivity index (χ1v) is 8.76. The molecule has 0 atom stereocenters. The number of hydrogen-bond donors (Lipinski definition) is 2. The van der Waals surface area contributed by atoms with Crippen molar-refractivity contribution in [2.75, 3.05) is 17.7 Å². The van der Waals surface area contributed by atoms with E-state index in [1.54, 1.807) is 19.4 Å². The van der Waals surface area contributed by atoms with Crippen LogP contribution >= 0.6 is 0 Å². The molecule has 2 N–H and O–H groups in total. The first kappa shape index (κ1) is 16.9. The van der Waals surface area contributed by atoms with Gasteiger partial charge >= 0.3 is 0 Å². The molecule has 3 aromatic heterocycles. The van der Waals surface area contributed by atoms with Crippen LogP contribution in [0.4, 0.5) is 17.6 Å². The lowest BCUT2D eigenvalue weighted by atomic mass is 10.2. The van der Waals surface area contributed by atoms with Crippen LogP contribution in [0.5, 0.6) is 0 Å². The van der Waals surface area contributed by atoms with E-state index in [1.807, 2.05) is 22.8 Å². The van der Waals surface area contributed by atoms with E-state index < -0.39 is 0 Å². The van der Waals surface area contributed by atoms with Crippen LogP contribution in [0.2, 0.25) is 0 Å². The van der Waals surface area contributed by atoms with Crippen molar-refractivity contribution < 1.29 is 0 Å². The molecule has 8 heteroatoms. The number of aromatic nitrogens is 6. The predicted octanol–water partition coefficient (Wildman–Crippen LogP) is 3.40. The number of nitrogens with one attached hydrogen (secondary N) is 2. The summed E-state index contributed by atoms with van der Waals surface area (Å²) < 4.78 is 2.03. The molecular formula is C19H20N8. The van der Waals surface area contributed by atoms with Crippen molar-refractivity contribution in [1.29, 1.82) is 0 Å². The first-order chi connectivity index (χ1) is 13.2. The Bertz CT molecular complexity index is 1100. The first-order valence-electron chi connectivity index (χ1n) is 8.76. The van der Waals surface area contributed by atoms with Crippen LogP contribution in [0.3, 0.4) is 0 Å². The SMILES string of the molecule is CCn1c(-c2ccnc(NC)n2)nc2cnc(Nc3cccc(C)c3)nc21. The van der Waals surface area contributed by atoms with Gasteiger partial charge in [0.25, 0.3) is 0 Å². The zero-order valence-corrected chi connectivity index (χ0v) is 15.4. The molecule has 136 valence electrons. The maximum absolute atomic E-state index is 4.68. The van der Waals surface area contributed by atoms with E-state index in [0.29, 0.717) is 18.4 Å². The van der Waals surface area contributed by atoms with Gasteiger partial charge < -0.3 is 15.2 Å². The highest BCUT2D eigenvalue weighted by molar-refractivity contribution is 5.77. The Morgan fingerprint density at radius 3 is 2.70 bits per heavy atom. The molecule has 0 unspecified atom stereocenters. The number of imidazole rings is 1. The third-order valence-corrected chi connectivity index (χ3v) is 4.19. The number of rotatable bonds is 5. The van der Waals surface area contributed by atoms with Gasteiger partial charge in [-0.2, -0.15) is 4.98 Å². The van der Waals surface area contributed by atoms with Crippen molar-refractivity contribution >= 4 is 28.7 Å². The normalized spacial score (nSPS) is 10.9. The van der Waals surface area contributed by atoms with Gasteiger partial charge in [-0.3, -0.25) is 0 Å². The van der Waals surface area contributed by atoms with Gasteiger partial charge in [-0.25, -0.2) is 19.9 Å². The Labute approximate surface area is 156 Å². The lowest BCUT2D eigenvalue weighted by Crippen LogP contribution is -2.03. The smallest absolute Gasteiger partial charge is 0.229 e. The summed E-state index contributed by atoms with van der Waals surface area (Å²) >= 11 is 0. The number of nitrogens with zero attached hydrogens (tertiary/aromatic N) is 6. The average Bonchev–Trinajstić information content (AvgIpc) is 3.06. The zero-order valence-electron chi connectivity index (χ0n) is 15.4. The van der Waals surface area contributed by atoms with Crippen molar-refractivity contribution in [3.05, 3.63) is 48.3 Å². The highest BCUT2D eigenvalue weighted by Crippen LogP contribution is 2.24. The lowest BCUT2D eigenvalue weighted by Gasteiger charge is -2.07. The van der Waals surface area contributed by atoms with E-state index >= 15 is 0 Å². The van der Waals surface area contributed by atoms with Crippen LogP contribution in [-0.4, -0.2) is 36.5 Å². The molecule has 0 saturated carbocycles. The van der Waals surface area contributed by atoms with E-state index in [2.05, 4.69) is 61.5 Å². The van der Waals surface area contributed by atoms with Gasteiger partial charge in [0.2, 0.25) is 11.9 Å². The molecule has 0 fully saturated rings. The maximum Gasteiger partial charge on any atom is 0.229 e. The monoisotopic (exact) mass is 360 g/mol. The fraction of sp³-hybridized carbons (Fsp3) is 0.211. The molecule has 0 aliphatic carbocycles. The van der Waals surface area contributed by atoms with Crippen LogP contribution in [0.15, 0.2) is 42.7 Å². The Morgan fingerprint density at radius 2 is 1.93 bits per heavy atom. The minimum atomic E-state index is 0.535. The van der Waals surface area contributed by atoms with Crippen LogP contribution < -0.4 is 10.6 Å². The van der Waals surface area contributed by atoms with Gasteiger partial charge in [0.15, 0.2) is 11.5 Å². The second-order valence-electron chi connectivity index (χ2n) is 6.09. The quantitative estimate of drug-likeness (QED) is 0.563. The second-order valence-corrected chi connectivity index (χ2v) is 6.09. The highest BCUT2D eigenvalue weighted by Gasteiger charge is 2.15. The van der Waals surface area contributed by atoms with Crippen molar-refractivity contribution in [3.8, 4) is 11.5 Å². The highest BCUT2D eigenvalue weighted by atomic mass is 15.2. The van der Waals surface area contributed by atoms with E-state index in [-0.39, 0.29) is 0 Å². The van der Waals surface area contributed by atoms with Crippen molar-refractivity contribution in [1.82, 2.24) is 29.5 Å². The third-order valence-electron chi connectivity index (χ3n) is 4.19. The number of aryl methyl sites for hydroxylation is 2. The topological polar surface area (TPSA) is 93.4 Å².